The average Bonchev–Trinajstić information content (AvgIpc) is 3.53. The van der Waals surface area contributed by atoms with Crippen LogP contribution in [0.25, 0.3) is 10.2 Å². The third kappa shape index (κ3) is 4.75. The first kappa shape index (κ1) is 25.1. The number of para-hydroxylation sites is 1. The number of nitrogens with one attached hydrogen (secondary N) is 3. The van der Waals surface area contributed by atoms with Crippen LogP contribution in [0.2, 0.25) is 0 Å². The van der Waals surface area contributed by atoms with Crippen LogP contribution in [0.15, 0.2) is 60.8 Å². The molecule has 37 heavy (non-hydrogen) atoms. The number of ether oxygens (including phenoxy) is 1. The first-order chi connectivity index (χ1) is 17.6. The Bertz CT molecular complexity index is 1470. The Labute approximate surface area is 225 Å². The van der Waals surface area contributed by atoms with Gasteiger partial charge in [-0.15, -0.1) is 11.3 Å². The normalized spacial score (nSPS) is 16.3. The number of pyridine rings is 1. The number of anilines is 3. The maximum Gasteiger partial charge on any atom is 0.331 e. The molecule has 6 rings (SSSR count). The van der Waals surface area contributed by atoms with E-state index in [1.807, 2.05) is 61.5 Å². The number of benzene rings is 2. The van der Waals surface area contributed by atoms with Gasteiger partial charge in [0.25, 0.3) is 5.91 Å². The van der Waals surface area contributed by atoms with Crippen molar-refractivity contribution >= 4 is 64.0 Å². The number of urea groups is 1. The van der Waals surface area contributed by atoms with E-state index in [4.69, 9.17) is 4.74 Å². The molecule has 2 aliphatic heterocycles. The Hall–Kier alpha value is -3.60. The standard InChI is InChI=1S/C27H25N5O3S.H2S/c1-16-14-19(35-18-7-3-2-4-8-18)9-10-20(16)32-21-11-13-29-26-22(21)23(31-27(32)34)24(36-26)25(33)30-15-17-6-5-12-28-17;/h2-4,7-11,13-14,17,28H,5-6,12,15H2,1H3,(H,30,33)(H,31,34);1H2/t17-;/m0./s1. The molecule has 0 aliphatic carbocycles. The molecule has 4 heterocycles. The number of carbonyl (C=O) groups excluding carboxylic acids is 2. The molecule has 0 saturated carbocycles. The molecule has 0 radical (unpaired) electrons. The smallest absolute Gasteiger partial charge is 0.331 e. The number of nitrogens with zero attached hydrogens (tertiary/aromatic N) is 2. The van der Waals surface area contributed by atoms with Crippen LogP contribution in [0.4, 0.5) is 21.9 Å². The van der Waals surface area contributed by atoms with Crippen molar-refractivity contribution in [2.24, 2.45) is 0 Å². The van der Waals surface area contributed by atoms with E-state index in [9.17, 15) is 9.59 Å². The van der Waals surface area contributed by atoms with Crippen LogP contribution in [0.3, 0.4) is 0 Å². The number of carbonyl (C=O) groups is 2. The number of aryl methyl sites for hydroxylation is 1. The summed E-state index contributed by atoms with van der Waals surface area (Å²) in [6.07, 6.45) is 3.84. The van der Waals surface area contributed by atoms with E-state index >= 15 is 0 Å². The maximum atomic E-state index is 13.4. The van der Waals surface area contributed by atoms with Gasteiger partial charge in [0.1, 0.15) is 21.2 Å². The van der Waals surface area contributed by atoms with Crippen LogP contribution in [-0.2, 0) is 0 Å². The van der Waals surface area contributed by atoms with Gasteiger partial charge in [-0.3, -0.25) is 9.69 Å². The van der Waals surface area contributed by atoms with E-state index in [0.717, 1.165) is 41.8 Å². The molecule has 10 heteroatoms. The lowest BCUT2D eigenvalue weighted by atomic mass is 10.1. The number of hydrogen-bond acceptors (Lipinski definition) is 6. The molecule has 0 spiro atoms. The molecule has 1 saturated heterocycles. The summed E-state index contributed by atoms with van der Waals surface area (Å²) in [6.45, 7) is 3.48. The summed E-state index contributed by atoms with van der Waals surface area (Å²) in [6, 6.07) is 17.0. The molecular formula is C27H27N5O3S2. The second-order valence-corrected chi connectivity index (χ2v) is 9.95. The molecule has 8 nitrogen and oxygen atoms in total. The molecule has 0 bridgehead atoms. The second kappa shape index (κ2) is 10.4. The zero-order valence-electron chi connectivity index (χ0n) is 20.2. The van der Waals surface area contributed by atoms with Crippen molar-refractivity contribution in [2.45, 2.75) is 25.8 Å². The van der Waals surface area contributed by atoms with Gasteiger partial charge >= 0.3 is 6.03 Å². The van der Waals surface area contributed by atoms with Crippen LogP contribution >= 0.6 is 24.8 Å². The molecule has 3 amide bonds. The fourth-order valence-corrected chi connectivity index (χ4v) is 5.81. The Kier molecular flexibility index (Phi) is 7.05. The molecule has 0 unspecified atom stereocenters. The van der Waals surface area contributed by atoms with Crippen molar-refractivity contribution < 1.29 is 14.3 Å². The minimum atomic E-state index is -0.320. The Morgan fingerprint density at radius 2 is 2.00 bits per heavy atom. The number of thiophene rings is 1. The van der Waals surface area contributed by atoms with Gasteiger partial charge in [-0.25, -0.2) is 9.78 Å². The van der Waals surface area contributed by atoms with Crippen LogP contribution in [-0.4, -0.2) is 36.1 Å². The van der Waals surface area contributed by atoms with Gasteiger partial charge in [-0.2, -0.15) is 13.5 Å². The lowest BCUT2D eigenvalue weighted by Gasteiger charge is -2.29. The molecule has 1 fully saturated rings. The van der Waals surface area contributed by atoms with Crippen LogP contribution < -0.4 is 25.6 Å². The molecule has 2 aromatic heterocycles. The van der Waals surface area contributed by atoms with E-state index < -0.39 is 0 Å². The van der Waals surface area contributed by atoms with Crippen molar-refractivity contribution in [1.29, 1.82) is 0 Å². The zero-order chi connectivity index (χ0) is 24.6. The van der Waals surface area contributed by atoms with Crippen LogP contribution in [0.1, 0.15) is 28.1 Å². The van der Waals surface area contributed by atoms with Gasteiger partial charge in [0.05, 0.1) is 22.4 Å². The zero-order valence-corrected chi connectivity index (χ0v) is 22.0. The summed E-state index contributed by atoms with van der Waals surface area (Å²) < 4.78 is 5.96. The topological polar surface area (TPSA) is 95.6 Å². The van der Waals surface area contributed by atoms with Crippen molar-refractivity contribution in [3.8, 4) is 11.5 Å². The first-order valence-corrected chi connectivity index (χ1v) is 12.8. The summed E-state index contributed by atoms with van der Waals surface area (Å²) in [5, 5.41) is 10.1. The molecule has 190 valence electrons. The Morgan fingerprint density at radius 1 is 1.16 bits per heavy atom. The van der Waals surface area contributed by atoms with Gasteiger partial charge in [0, 0.05) is 18.8 Å². The van der Waals surface area contributed by atoms with Crippen molar-refractivity contribution in [1.82, 2.24) is 15.6 Å². The number of amides is 3. The van der Waals surface area contributed by atoms with E-state index in [0.29, 0.717) is 33.4 Å². The van der Waals surface area contributed by atoms with Gasteiger partial charge in [0.2, 0.25) is 0 Å². The third-order valence-electron chi connectivity index (χ3n) is 6.51. The Morgan fingerprint density at radius 3 is 2.76 bits per heavy atom. The summed E-state index contributed by atoms with van der Waals surface area (Å²) in [5.74, 6) is 1.24. The minimum Gasteiger partial charge on any atom is -0.457 e. The predicted octanol–water partition coefficient (Wildman–Crippen LogP) is 5.68. The highest BCUT2D eigenvalue weighted by atomic mass is 32.1. The molecule has 2 aliphatic rings. The lowest BCUT2D eigenvalue weighted by Crippen LogP contribution is -2.38. The maximum absolute atomic E-state index is 13.4. The van der Waals surface area contributed by atoms with E-state index in [2.05, 4.69) is 20.9 Å². The SMILES string of the molecule is Cc1cc(Oc2ccccc2)ccc1N1C(=O)Nc2c(C(=O)NC[C@@H]3CCCN3)sc3nccc1c23.S. The molecule has 4 aromatic rings. The summed E-state index contributed by atoms with van der Waals surface area (Å²) in [7, 11) is 0. The van der Waals surface area contributed by atoms with E-state index in [-0.39, 0.29) is 31.5 Å². The number of hydrogen-bond donors (Lipinski definition) is 3. The lowest BCUT2D eigenvalue weighted by molar-refractivity contribution is 0.0955. The highest BCUT2D eigenvalue weighted by Gasteiger charge is 2.33. The fourth-order valence-electron chi connectivity index (χ4n) is 4.78. The van der Waals surface area contributed by atoms with Crippen molar-refractivity contribution in [3.05, 3.63) is 71.2 Å². The number of aromatic nitrogens is 1. The van der Waals surface area contributed by atoms with Crippen molar-refractivity contribution in [3.63, 3.8) is 0 Å². The van der Waals surface area contributed by atoms with Gasteiger partial charge in [-0.05, 0) is 68.3 Å². The summed E-state index contributed by atoms with van der Waals surface area (Å²) in [5.41, 5.74) is 2.84. The second-order valence-electron chi connectivity index (χ2n) is 8.95. The Balaban J connectivity index is 0.00000280. The molecule has 3 N–H and O–H groups in total. The highest BCUT2D eigenvalue weighted by molar-refractivity contribution is 7.59. The molecule has 1 atom stereocenters. The highest BCUT2D eigenvalue weighted by Crippen LogP contribution is 2.46. The quantitative estimate of drug-likeness (QED) is 0.297. The van der Waals surface area contributed by atoms with Gasteiger partial charge < -0.3 is 20.7 Å². The van der Waals surface area contributed by atoms with Gasteiger partial charge in [-0.1, -0.05) is 18.2 Å². The van der Waals surface area contributed by atoms with Crippen LogP contribution in [0.5, 0.6) is 11.5 Å². The fraction of sp³-hybridized carbons (Fsp3) is 0.222. The van der Waals surface area contributed by atoms with Crippen LogP contribution in [0, 0.1) is 6.92 Å². The van der Waals surface area contributed by atoms with E-state index in [1.165, 1.54) is 11.3 Å². The third-order valence-corrected chi connectivity index (χ3v) is 7.61. The number of rotatable bonds is 6. The van der Waals surface area contributed by atoms with E-state index in [1.54, 1.807) is 11.1 Å². The molecular weight excluding hydrogens is 506 g/mol. The first-order valence-electron chi connectivity index (χ1n) is 12.0. The monoisotopic (exact) mass is 533 g/mol. The average molecular weight is 534 g/mol. The summed E-state index contributed by atoms with van der Waals surface area (Å²) >= 11 is 1.30. The largest absolute Gasteiger partial charge is 0.457 e. The molecule has 2 aromatic carbocycles. The van der Waals surface area contributed by atoms with Gasteiger partial charge in [0.15, 0.2) is 0 Å². The summed E-state index contributed by atoms with van der Waals surface area (Å²) in [4.78, 5) is 33.7. The predicted molar refractivity (Wildman–Crippen MR) is 152 cm³/mol. The van der Waals surface area contributed by atoms with Crippen molar-refractivity contribution in [2.75, 3.05) is 23.3 Å². The minimum absolute atomic E-state index is 0.